The van der Waals surface area contributed by atoms with Crippen LogP contribution in [0.15, 0.2) is 48.7 Å². The Morgan fingerprint density at radius 2 is 1.87 bits per heavy atom. The highest BCUT2D eigenvalue weighted by atomic mass is 16.2. The first kappa shape index (κ1) is 19.9. The van der Waals surface area contributed by atoms with E-state index in [9.17, 15) is 9.59 Å². The Balaban J connectivity index is 1.41. The summed E-state index contributed by atoms with van der Waals surface area (Å²) in [5.41, 5.74) is 4.28. The molecule has 1 heterocycles. The normalized spacial score (nSPS) is 17.2. The smallest absolute Gasteiger partial charge is 0.228 e. The molecule has 4 nitrogen and oxygen atoms in total. The van der Waals surface area contributed by atoms with Gasteiger partial charge in [0.05, 0.1) is 0 Å². The Labute approximate surface area is 183 Å². The van der Waals surface area contributed by atoms with E-state index in [0.29, 0.717) is 12.2 Å². The van der Waals surface area contributed by atoms with Crippen LogP contribution < -0.4 is 5.32 Å². The molecule has 0 unspecified atom stereocenters. The number of carbonyl (C=O) groups excluding carboxylic acids is 2. The number of nitrogens with one attached hydrogen (secondary N) is 1. The third kappa shape index (κ3) is 4.12. The zero-order chi connectivity index (χ0) is 21.6. The molecular formula is C27H28N2O2. The molecule has 3 aromatic rings. The van der Waals surface area contributed by atoms with Gasteiger partial charge in [0.25, 0.3) is 0 Å². The van der Waals surface area contributed by atoms with Crippen molar-refractivity contribution in [2.24, 2.45) is 11.3 Å². The number of rotatable bonds is 6. The first-order valence-electron chi connectivity index (χ1n) is 11.3. The van der Waals surface area contributed by atoms with E-state index in [4.69, 9.17) is 0 Å². The van der Waals surface area contributed by atoms with Gasteiger partial charge in [-0.25, -0.2) is 4.98 Å². The van der Waals surface area contributed by atoms with Gasteiger partial charge in [-0.2, -0.15) is 0 Å². The van der Waals surface area contributed by atoms with Crippen molar-refractivity contribution in [3.05, 3.63) is 59.8 Å². The maximum atomic E-state index is 12.9. The summed E-state index contributed by atoms with van der Waals surface area (Å²) >= 11 is 0. The molecule has 2 aliphatic carbocycles. The van der Waals surface area contributed by atoms with Crippen molar-refractivity contribution in [3.8, 4) is 11.1 Å². The predicted octanol–water partition coefficient (Wildman–Crippen LogP) is 6.32. The molecule has 4 heteroatoms. The van der Waals surface area contributed by atoms with E-state index in [-0.39, 0.29) is 23.0 Å². The van der Waals surface area contributed by atoms with Crippen LogP contribution in [0.2, 0.25) is 0 Å². The quantitative estimate of drug-likeness (QED) is 0.482. The van der Waals surface area contributed by atoms with Crippen molar-refractivity contribution in [2.75, 3.05) is 5.32 Å². The Kier molecular flexibility index (Phi) is 4.88. The molecule has 158 valence electrons. The van der Waals surface area contributed by atoms with Gasteiger partial charge in [0.15, 0.2) is 5.78 Å². The van der Waals surface area contributed by atoms with Crippen LogP contribution >= 0.6 is 0 Å². The van der Waals surface area contributed by atoms with E-state index in [1.54, 1.807) is 0 Å². The highest BCUT2D eigenvalue weighted by Gasteiger charge is 2.34. The van der Waals surface area contributed by atoms with Crippen molar-refractivity contribution in [1.82, 2.24) is 4.98 Å². The van der Waals surface area contributed by atoms with E-state index in [0.717, 1.165) is 58.7 Å². The lowest BCUT2D eigenvalue weighted by Crippen LogP contribution is -2.28. The van der Waals surface area contributed by atoms with E-state index < -0.39 is 0 Å². The fourth-order valence-corrected chi connectivity index (χ4v) is 4.50. The summed E-state index contributed by atoms with van der Waals surface area (Å²) in [6.45, 7) is 4.30. The molecule has 1 aromatic heterocycles. The molecule has 2 fully saturated rings. The molecule has 5 rings (SSSR count). The number of amides is 1. The van der Waals surface area contributed by atoms with E-state index in [1.807, 2.05) is 30.5 Å². The summed E-state index contributed by atoms with van der Waals surface area (Å²) in [5, 5.41) is 4.96. The number of Topliss-reactive ketones (excluding diaryl/α,β-unsaturated/α-hetero) is 1. The lowest BCUT2D eigenvalue weighted by Gasteiger charge is -2.37. The topological polar surface area (TPSA) is 59.1 Å². The summed E-state index contributed by atoms with van der Waals surface area (Å²) in [5.74, 6) is 1.06. The average Bonchev–Trinajstić information content (AvgIpc) is 3.58. The molecule has 0 radical (unpaired) electrons. The highest BCUT2D eigenvalue weighted by molar-refractivity contribution is 5.99. The summed E-state index contributed by atoms with van der Waals surface area (Å²) in [6.07, 6.45) is 7.93. The minimum absolute atomic E-state index is 0.0661. The molecule has 31 heavy (non-hydrogen) atoms. The SMILES string of the molecule is Cc1ccc(C(=O)CC2(C)CCC2)cc1-c1ccc2cc(NC(=O)C3CC3)ncc2c1. The number of nitrogens with zero attached hydrogens (tertiary/aromatic N) is 1. The number of aromatic nitrogens is 1. The zero-order valence-electron chi connectivity index (χ0n) is 18.2. The van der Waals surface area contributed by atoms with Crippen LogP contribution in [0.1, 0.15) is 61.4 Å². The molecule has 2 saturated carbocycles. The lowest BCUT2D eigenvalue weighted by molar-refractivity contribution is -0.117. The molecule has 1 amide bonds. The van der Waals surface area contributed by atoms with Crippen LogP contribution in [-0.2, 0) is 4.79 Å². The first-order chi connectivity index (χ1) is 14.9. The van der Waals surface area contributed by atoms with E-state index >= 15 is 0 Å². The van der Waals surface area contributed by atoms with Crippen LogP contribution in [-0.4, -0.2) is 16.7 Å². The van der Waals surface area contributed by atoms with Crippen molar-refractivity contribution < 1.29 is 9.59 Å². The molecule has 0 saturated heterocycles. The summed E-state index contributed by atoms with van der Waals surface area (Å²) in [7, 11) is 0. The van der Waals surface area contributed by atoms with Gasteiger partial charge in [0.2, 0.25) is 5.91 Å². The molecule has 0 bridgehead atoms. The van der Waals surface area contributed by atoms with Crippen LogP contribution in [0.5, 0.6) is 0 Å². The second kappa shape index (κ2) is 7.60. The van der Waals surface area contributed by atoms with E-state index in [2.05, 4.69) is 42.3 Å². The maximum absolute atomic E-state index is 12.9. The molecule has 1 N–H and O–H groups in total. The summed E-state index contributed by atoms with van der Waals surface area (Å²) < 4.78 is 0. The number of benzene rings is 2. The number of anilines is 1. The average molecular weight is 413 g/mol. The van der Waals surface area contributed by atoms with Gasteiger partial charge in [-0.15, -0.1) is 0 Å². The Hall–Kier alpha value is -3.01. The minimum Gasteiger partial charge on any atom is -0.310 e. The molecule has 2 aromatic carbocycles. The number of ketones is 1. The zero-order valence-corrected chi connectivity index (χ0v) is 18.2. The first-order valence-corrected chi connectivity index (χ1v) is 11.3. The fourth-order valence-electron chi connectivity index (χ4n) is 4.50. The minimum atomic E-state index is 0.0661. The van der Waals surface area contributed by atoms with E-state index in [1.165, 1.54) is 6.42 Å². The Bertz CT molecular complexity index is 1190. The number of carbonyl (C=O) groups is 2. The maximum Gasteiger partial charge on any atom is 0.228 e. The van der Waals surface area contributed by atoms with Crippen LogP contribution in [0, 0.1) is 18.3 Å². The summed E-state index contributed by atoms with van der Waals surface area (Å²) in [4.78, 5) is 29.3. The highest BCUT2D eigenvalue weighted by Crippen LogP contribution is 2.44. The van der Waals surface area contributed by atoms with Gasteiger partial charge >= 0.3 is 0 Å². The van der Waals surface area contributed by atoms with Crippen LogP contribution in [0.4, 0.5) is 5.82 Å². The van der Waals surface area contributed by atoms with Crippen molar-refractivity contribution >= 4 is 28.3 Å². The van der Waals surface area contributed by atoms with Crippen molar-refractivity contribution in [3.63, 3.8) is 0 Å². The second-order valence-corrected chi connectivity index (χ2v) is 9.69. The molecule has 0 atom stereocenters. The Morgan fingerprint density at radius 1 is 1.06 bits per heavy atom. The van der Waals surface area contributed by atoms with Crippen molar-refractivity contribution in [1.29, 1.82) is 0 Å². The molecular weight excluding hydrogens is 384 g/mol. The number of aryl methyl sites for hydroxylation is 1. The van der Waals surface area contributed by atoms with Crippen molar-refractivity contribution in [2.45, 2.75) is 52.4 Å². The third-order valence-electron chi connectivity index (χ3n) is 6.94. The Morgan fingerprint density at radius 3 is 2.58 bits per heavy atom. The standard InChI is InChI=1S/C27H28N2O2/c1-17-4-5-21(24(30)15-27(2)10-3-11-27)13-23(17)20-9-8-19-14-25(28-16-22(19)12-20)29-26(31)18-6-7-18/h4-5,8-9,12-14,16,18H,3,6-7,10-11,15H2,1-2H3,(H,28,29,31). The third-order valence-corrected chi connectivity index (χ3v) is 6.94. The predicted molar refractivity (Wildman–Crippen MR) is 124 cm³/mol. The number of hydrogen-bond donors (Lipinski definition) is 1. The van der Waals surface area contributed by atoms with Gasteiger partial charge in [-0.05, 0) is 78.3 Å². The van der Waals surface area contributed by atoms with Gasteiger partial charge in [-0.3, -0.25) is 9.59 Å². The molecule has 2 aliphatic rings. The van der Waals surface area contributed by atoms with Gasteiger partial charge in [0.1, 0.15) is 5.82 Å². The largest absolute Gasteiger partial charge is 0.310 e. The van der Waals surface area contributed by atoms with Gasteiger partial charge in [0, 0.05) is 29.5 Å². The number of fused-ring (bicyclic) bond motifs is 1. The van der Waals surface area contributed by atoms with Crippen LogP contribution in [0.3, 0.4) is 0 Å². The molecule has 0 aliphatic heterocycles. The van der Waals surface area contributed by atoms with Gasteiger partial charge < -0.3 is 5.32 Å². The molecule has 0 spiro atoms. The monoisotopic (exact) mass is 412 g/mol. The number of hydrogen-bond acceptors (Lipinski definition) is 3. The van der Waals surface area contributed by atoms with Gasteiger partial charge in [-0.1, -0.05) is 37.6 Å². The lowest BCUT2D eigenvalue weighted by atomic mass is 9.67. The fraction of sp³-hybridized carbons (Fsp3) is 0.370. The number of pyridine rings is 1. The second-order valence-electron chi connectivity index (χ2n) is 9.69. The summed E-state index contributed by atoms with van der Waals surface area (Å²) in [6, 6.07) is 14.2. The van der Waals surface area contributed by atoms with Crippen LogP contribution in [0.25, 0.3) is 21.9 Å².